The number of aromatic nitrogens is 3. The second-order valence-electron chi connectivity index (χ2n) is 3.47. The van der Waals surface area contributed by atoms with Crippen molar-refractivity contribution >= 4 is 11.9 Å². The minimum Gasteiger partial charge on any atom is -0.368 e. The zero-order valence-electron chi connectivity index (χ0n) is 8.74. The lowest BCUT2D eigenvalue weighted by molar-refractivity contribution is 0.623. The van der Waals surface area contributed by atoms with Crippen LogP contribution in [-0.4, -0.2) is 15.2 Å². The zero-order chi connectivity index (χ0) is 11.5. The van der Waals surface area contributed by atoms with E-state index in [-0.39, 0.29) is 17.8 Å². The van der Waals surface area contributed by atoms with E-state index in [1.165, 1.54) is 12.1 Å². The summed E-state index contributed by atoms with van der Waals surface area (Å²) < 4.78 is 13.0. The number of nitrogen functional groups attached to an aromatic ring is 1. The Labute approximate surface area is 91.9 Å². The molecule has 0 spiro atoms. The van der Waals surface area contributed by atoms with Gasteiger partial charge in [-0.3, -0.25) is 0 Å². The number of nitrogens with zero attached hydrogens (tertiary/aromatic N) is 2. The average molecular weight is 221 g/mol. The summed E-state index contributed by atoms with van der Waals surface area (Å²) in [5, 5.41) is 9.36. The Bertz CT molecular complexity index is 482. The van der Waals surface area contributed by atoms with E-state index in [1.54, 1.807) is 6.07 Å². The van der Waals surface area contributed by atoms with Crippen molar-refractivity contribution < 1.29 is 4.39 Å². The largest absolute Gasteiger partial charge is 0.368 e. The van der Waals surface area contributed by atoms with Crippen LogP contribution in [0.4, 0.5) is 16.3 Å². The molecule has 1 aromatic carbocycles. The summed E-state index contributed by atoms with van der Waals surface area (Å²) in [6, 6.07) is 6.27. The van der Waals surface area contributed by atoms with Gasteiger partial charge >= 0.3 is 0 Å². The third kappa shape index (κ3) is 2.28. The van der Waals surface area contributed by atoms with E-state index in [0.29, 0.717) is 5.95 Å². The fourth-order valence-corrected chi connectivity index (χ4v) is 1.39. The predicted octanol–water partition coefficient (Wildman–Crippen LogP) is 1.70. The van der Waals surface area contributed by atoms with E-state index in [2.05, 4.69) is 20.5 Å². The van der Waals surface area contributed by atoms with Crippen molar-refractivity contribution in [2.75, 3.05) is 11.1 Å². The number of halogens is 1. The van der Waals surface area contributed by atoms with Gasteiger partial charge in [0.15, 0.2) is 0 Å². The first-order valence-corrected chi connectivity index (χ1v) is 4.85. The Hall–Kier alpha value is -2.11. The maximum atomic E-state index is 13.0. The molecule has 84 valence electrons. The quantitative estimate of drug-likeness (QED) is 0.737. The van der Waals surface area contributed by atoms with Crippen molar-refractivity contribution in [3.05, 3.63) is 35.6 Å². The van der Waals surface area contributed by atoms with Crippen LogP contribution in [0, 0.1) is 5.82 Å². The zero-order valence-corrected chi connectivity index (χ0v) is 8.74. The van der Waals surface area contributed by atoms with Gasteiger partial charge in [0.05, 0.1) is 6.04 Å². The minimum absolute atomic E-state index is 0.0918. The molecule has 0 bridgehead atoms. The Morgan fingerprint density at radius 1 is 1.50 bits per heavy atom. The number of benzene rings is 1. The molecule has 5 nitrogen and oxygen atoms in total. The standard InChI is InChI=1S/C10H12FN5/c1-6(7-3-2-4-8(11)5-7)13-10-14-9(12)15-16-10/h2-6H,1H3,(H4,12,13,14,15,16). The summed E-state index contributed by atoms with van der Waals surface area (Å²) in [4.78, 5) is 3.90. The predicted molar refractivity (Wildman–Crippen MR) is 59.2 cm³/mol. The monoisotopic (exact) mass is 221 g/mol. The molecular formula is C10H12FN5. The summed E-state index contributed by atoms with van der Waals surface area (Å²) in [7, 11) is 0. The summed E-state index contributed by atoms with van der Waals surface area (Å²) in [5.74, 6) is 0.379. The number of nitrogens with two attached hydrogens (primary N) is 1. The average Bonchev–Trinajstić information content (AvgIpc) is 2.64. The van der Waals surface area contributed by atoms with Crippen LogP contribution in [0.15, 0.2) is 24.3 Å². The third-order valence-electron chi connectivity index (χ3n) is 2.20. The molecule has 0 fully saturated rings. The number of hydrogen-bond donors (Lipinski definition) is 3. The van der Waals surface area contributed by atoms with Gasteiger partial charge in [0, 0.05) is 0 Å². The van der Waals surface area contributed by atoms with Gasteiger partial charge in [0.2, 0.25) is 11.9 Å². The topological polar surface area (TPSA) is 79.6 Å². The highest BCUT2D eigenvalue weighted by Gasteiger charge is 2.08. The van der Waals surface area contributed by atoms with E-state index >= 15 is 0 Å². The number of hydrogen-bond acceptors (Lipinski definition) is 4. The number of rotatable bonds is 3. The Balaban J connectivity index is 2.11. The van der Waals surface area contributed by atoms with Crippen molar-refractivity contribution in [1.29, 1.82) is 0 Å². The highest BCUT2D eigenvalue weighted by Crippen LogP contribution is 2.17. The van der Waals surface area contributed by atoms with Gasteiger partial charge in [0.1, 0.15) is 5.82 Å². The van der Waals surface area contributed by atoms with Gasteiger partial charge < -0.3 is 11.1 Å². The second kappa shape index (κ2) is 4.18. The van der Waals surface area contributed by atoms with Crippen molar-refractivity contribution in [2.45, 2.75) is 13.0 Å². The van der Waals surface area contributed by atoms with Crippen LogP contribution in [-0.2, 0) is 0 Å². The molecule has 1 unspecified atom stereocenters. The van der Waals surface area contributed by atoms with Crippen LogP contribution < -0.4 is 11.1 Å². The van der Waals surface area contributed by atoms with Crippen LogP contribution in [0.1, 0.15) is 18.5 Å². The van der Waals surface area contributed by atoms with Crippen molar-refractivity contribution in [2.24, 2.45) is 0 Å². The highest BCUT2D eigenvalue weighted by molar-refractivity contribution is 5.34. The lowest BCUT2D eigenvalue weighted by Gasteiger charge is -2.12. The van der Waals surface area contributed by atoms with Gasteiger partial charge in [-0.1, -0.05) is 12.1 Å². The molecule has 0 aliphatic rings. The number of H-pyrrole nitrogens is 1. The number of aromatic amines is 1. The second-order valence-corrected chi connectivity index (χ2v) is 3.47. The van der Waals surface area contributed by atoms with E-state index in [0.717, 1.165) is 5.56 Å². The lowest BCUT2D eigenvalue weighted by atomic mass is 10.1. The first-order valence-electron chi connectivity index (χ1n) is 4.85. The Morgan fingerprint density at radius 2 is 2.31 bits per heavy atom. The Morgan fingerprint density at radius 3 is 2.94 bits per heavy atom. The molecular weight excluding hydrogens is 209 g/mol. The van der Waals surface area contributed by atoms with E-state index in [4.69, 9.17) is 5.73 Å². The van der Waals surface area contributed by atoms with Gasteiger partial charge in [-0.05, 0) is 24.6 Å². The molecule has 1 heterocycles. The first kappa shape index (κ1) is 10.4. The van der Waals surface area contributed by atoms with Gasteiger partial charge in [0.25, 0.3) is 0 Å². The van der Waals surface area contributed by atoms with E-state index in [1.807, 2.05) is 13.0 Å². The molecule has 0 saturated heterocycles. The molecule has 4 N–H and O–H groups in total. The number of anilines is 2. The summed E-state index contributed by atoms with van der Waals surface area (Å²) in [6.07, 6.45) is 0. The molecule has 16 heavy (non-hydrogen) atoms. The van der Waals surface area contributed by atoms with Gasteiger partial charge in [-0.25, -0.2) is 9.49 Å². The third-order valence-corrected chi connectivity index (χ3v) is 2.20. The highest BCUT2D eigenvalue weighted by atomic mass is 19.1. The molecule has 0 aliphatic carbocycles. The molecule has 1 aromatic heterocycles. The SMILES string of the molecule is CC(Nc1n[nH]c(N)n1)c1cccc(F)c1. The van der Waals surface area contributed by atoms with E-state index in [9.17, 15) is 4.39 Å². The molecule has 0 amide bonds. The summed E-state index contributed by atoms with van der Waals surface area (Å²) >= 11 is 0. The van der Waals surface area contributed by atoms with Crippen LogP contribution in [0.25, 0.3) is 0 Å². The lowest BCUT2D eigenvalue weighted by Crippen LogP contribution is -2.08. The fraction of sp³-hybridized carbons (Fsp3) is 0.200. The molecule has 6 heteroatoms. The molecule has 1 atom stereocenters. The van der Waals surface area contributed by atoms with Crippen LogP contribution in [0.3, 0.4) is 0 Å². The normalized spacial score (nSPS) is 12.4. The van der Waals surface area contributed by atoms with Crippen molar-refractivity contribution in [3.8, 4) is 0 Å². The van der Waals surface area contributed by atoms with Crippen LogP contribution in [0.5, 0.6) is 0 Å². The fourth-order valence-electron chi connectivity index (χ4n) is 1.39. The van der Waals surface area contributed by atoms with E-state index < -0.39 is 0 Å². The minimum atomic E-state index is -0.263. The van der Waals surface area contributed by atoms with Crippen LogP contribution >= 0.6 is 0 Å². The summed E-state index contributed by atoms with van der Waals surface area (Å²) in [5.41, 5.74) is 6.21. The molecule has 2 aromatic rings. The summed E-state index contributed by atoms with van der Waals surface area (Å²) in [6.45, 7) is 1.89. The maximum Gasteiger partial charge on any atom is 0.244 e. The van der Waals surface area contributed by atoms with Gasteiger partial charge in [-0.2, -0.15) is 4.98 Å². The van der Waals surface area contributed by atoms with Crippen molar-refractivity contribution in [3.63, 3.8) is 0 Å². The Kier molecular flexibility index (Phi) is 2.72. The van der Waals surface area contributed by atoms with Crippen LogP contribution in [0.2, 0.25) is 0 Å². The molecule has 0 radical (unpaired) electrons. The van der Waals surface area contributed by atoms with Crippen molar-refractivity contribution in [1.82, 2.24) is 15.2 Å². The molecule has 2 rings (SSSR count). The number of nitrogens with one attached hydrogen (secondary N) is 2. The maximum absolute atomic E-state index is 13.0. The smallest absolute Gasteiger partial charge is 0.244 e. The molecule has 0 aliphatic heterocycles. The van der Waals surface area contributed by atoms with Gasteiger partial charge in [-0.15, -0.1) is 5.10 Å². The molecule has 0 saturated carbocycles. The first-order chi connectivity index (χ1) is 7.65.